The molecule has 0 aliphatic heterocycles. The Kier molecular flexibility index (Phi) is 5.04. The van der Waals surface area contributed by atoms with Crippen molar-refractivity contribution in [1.82, 2.24) is 10.3 Å². The van der Waals surface area contributed by atoms with E-state index in [1.165, 1.54) is 0 Å². The lowest BCUT2D eigenvalue weighted by Crippen LogP contribution is -2.35. The summed E-state index contributed by atoms with van der Waals surface area (Å²) in [6.07, 6.45) is 0. The Morgan fingerprint density at radius 1 is 1.31 bits per heavy atom. The third kappa shape index (κ3) is 3.37. The van der Waals surface area contributed by atoms with Crippen molar-refractivity contribution in [3.05, 3.63) is 23.8 Å². The maximum atomic E-state index is 5.31. The van der Waals surface area contributed by atoms with Gasteiger partial charge in [0.15, 0.2) is 0 Å². The first-order valence-corrected chi connectivity index (χ1v) is 5.04. The first-order chi connectivity index (χ1) is 7.71. The first-order valence-electron chi connectivity index (χ1n) is 5.04. The highest BCUT2D eigenvalue weighted by atomic mass is 16.5. The molecular weight excluding hydrogens is 206 g/mol. The molecule has 0 radical (unpaired) electrons. The number of methoxy groups -OCH3 is 2. The van der Waals surface area contributed by atoms with Gasteiger partial charge in [-0.05, 0) is 13.1 Å². The van der Waals surface area contributed by atoms with Gasteiger partial charge in [0.1, 0.15) is 11.5 Å². The maximum Gasteiger partial charge on any atom is 0.127 e. The lowest BCUT2D eigenvalue weighted by atomic mass is 10.2. The molecule has 0 saturated heterocycles. The molecule has 0 unspecified atom stereocenters. The monoisotopic (exact) mass is 225 g/mol. The standard InChI is InChI=1S/C11H19N3O2/c1-14(8-13-12)7-9-4-5-10(15-2)6-11(9)16-3/h4-6,13H,7-8,12H2,1-3H3. The summed E-state index contributed by atoms with van der Waals surface area (Å²) >= 11 is 0. The Morgan fingerprint density at radius 3 is 2.62 bits per heavy atom. The summed E-state index contributed by atoms with van der Waals surface area (Å²) in [5.74, 6) is 6.87. The smallest absolute Gasteiger partial charge is 0.127 e. The Hall–Kier alpha value is -1.30. The highest BCUT2D eigenvalue weighted by molar-refractivity contribution is 5.40. The van der Waals surface area contributed by atoms with Crippen molar-refractivity contribution >= 4 is 0 Å². The zero-order valence-electron chi connectivity index (χ0n) is 9.99. The topological polar surface area (TPSA) is 59.8 Å². The summed E-state index contributed by atoms with van der Waals surface area (Å²) in [6, 6.07) is 5.78. The fourth-order valence-corrected chi connectivity index (χ4v) is 1.49. The van der Waals surface area contributed by atoms with Crippen LogP contribution in [0.1, 0.15) is 5.56 Å². The van der Waals surface area contributed by atoms with Crippen LogP contribution in [0.2, 0.25) is 0 Å². The summed E-state index contributed by atoms with van der Waals surface area (Å²) in [5, 5.41) is 0. The largest absolute Gasteiger partial charge is 0.497 e. The van der Waals surface area contributed by atoms with E-state index in [9.17, 15) is 0 Å². The number of nitrogens with two attached hydrogens (primary N) is 1. The molecule has 3 N–H and O–H groups in total. The molecule has 90 valence electrons. The van der Waals surface area contributed by atoms with E-state index in [0.717, 1.165) is 23.6 Å². The molecule has 0 saturated carbocycles. The molecule has 0 amide bonds. The fourth-order valence-electron chi connectivity index (χ4n) is 1.49. The predicted octanol–water partition coefficient (Wildman–Crippen LogP) is 0.556. The van der Waals surface area contributed by atoms with Gasteiger partial charge in [-0.3, -0.25) is 10.7 Å². The molecule has 5 nitrogen and oxygen atoms in total. The van der Waals surface area contributed by atoms with E-state index in [2.05, 4.69) is 5.43 Å². The zero-order chi connectivity index (χ0) is 12.0. The van der Waals surface area contributed by atoms with Crippen molar-refractivity contribution in [1.29, 1.82) is 0 Å². The third-order valence-electron chi connectivity index (χ3n) is 2.30. The molecule has 0 aromatic heterocycles. The van der Waals surface area contributed by atoms with E-state index in [1.807, 2.05) is 30.1 Å². The van der Waals surface area contributed by atoms with Crippen molar-refractivity contribution in [2.24, 2.45) is 5.84 Å². The van der Waals surface area contributed by atoms with Crippen LogP contribution in [0.25, 0.3) is 0 Å². The highest BCUT2D eigenvalue weighted by Gasteiger charge is 2.07. The summed E-state index contributed by atoms with van der Waals surface area (Å²) in [7, 11) is 5.27. The van der Waals surface area contributed by atoms with Crippen molar-refractivity contribution in [2.45, 2.75) is 6.54 Å². The molecule has 0 atom stereocenters. The molecule has 0 aliphatic rings. The minimum atomic E-state index is 0.620. The van der Waals surface area contributed by atoms with Crippen LogP contribution in [-0.4, -0.2) is 32.8 Å². The van der Waals surface area contributed by atoms with Crippen LogP contribution in [0, 0.1) is 0 Å². The second kappa shape index (κ2) is 6.32. The average molecular weight is 225 g/mol. The van der Waals surface area contributed by atoms with Gasteiger partial charge in [-0.25, -0.2) is 5.43 Å². The fraction of sp³-hybridized carbons (Fsp3) is 0.455. The number of hydrogen-bond donors (Lipinski definition) is 2. The SMILES string of the molecule is COc1ccc(CN(C)CNN)c(OC)c1. The molecule has 1 aromatic rings. The lowest BCUT2D eigenvalue weighted by molar-refractivity contribution is 0.294. The van der Waals surface area contributed by atoms with Gasteiger partial charge < -0.3 is 9.47 Å². The molecule has 0 fully saturated rings. The maximum absolute atomic E-state index is 5.31. The van der Waals surface area contributed by atoms with E-state index in [0.29, 0.717) is 6.67 Å². The van der Waals surface area contributed by atoms with E-state index < -0.39 is 0 Å². The van der Waals surface area contributed by atoms with Gasteiger partial charge in [0.2, 0.25) is 0 Å². The van der Waals surface area contributed by atoms with Gasteiger partial charge in [-0.2, -0.15) is 0 Å². The van der Waals surface area contributed by atoms with Crippen LogP contribution in [0.4, 0.5) is 0 Å². The average Bonchev–Trinajstić information content (AvgIpc) is 2.30. The second-order valence-corrected chi connectivity index (χ2v) is 3.55. The molecule has 0 spiro atoms. The molecule has 1 rings (SSSR count). The predicted molar refractivity (Wildman–Crippen MR) is 63.2 cm³/mol. The number of nitrogens with one attached hydrogen (secondary N) is 1. The number of benzene rings is 1. The molecule has 16 heavy (non-hydrogen) atoms. The number of ether oxygens (including phenoxy) is 2. The van der Waals surface area contributed by atoms with Crippen LogP contribution in [-0.2, 0) is 6.54 Å². The summed E-state index contributed by atoms with van der Waals surface area (Å²) in [6.45, 7) is 1.38. The van der Waals surface area contributed by atoms with E-state index >= 15 is 0 Å². The zero-order valence-corrected chi connectivity index (χ0v) is 9.99. The van der Waals surface area contributed by atoms with Gasteiger partial charge in [0, 0.05) is 18.2 Å². The van der Waals surface area contributed by atoms with Crippen LogP contribution in [0.15, 0.2) is 18.2 Å². The van der Waals surface area contributed by atoms with Crippen LogP contribution in [0.5, 0.6) is 11.5 Å². The molecule has 0 aliphatic carbocycles. The minimum absolute atomic E-state index is 0.620. The Bertz CT molecular complexity index is 331. The molecule has 1 aromatic carbocycles. The second-order valence-electron chi connectivity index (χ2n) is 3.55. The summed E-state index contributed by atoms with van der Waals surface area (Å²) in [5.41, 5.74) is 3.71. The van der Waals surface area contributed by atoms with E-state index in [-0.39, 0.29) is 0 Å². The molecule has 5 heteroatoms. The summed E-state index contributed by atoms with van der Waals surface area (Å²) < 4.78 is 10.4. The van der Waals surface area contributed by atoms with Crippen LogP contribution in [0.3, 0.4) is 0 Å². The Balaban J connectivity index is 2.78. The van der Waals surface area contributed by atoms with Crippen molar-refractivity contribution in [3.63, 3.8) is 0 Å². The van der Waals surface area contributed by atoms with Crippen molar-refractivity contribution in [3.8, 4) is 11.5 Å². The molecule has 0 heterocycles. The Labute approximate surface area is 96.1 Å². The number of nitrogens with zero attached hydrogens (tertiary/aromatic N) is 1. The Morgan fingerprint density at radius 2 is 2.06 bits per heavy atom. The van der Waals surface area contributed by atoms with Crippen molar-refractivity contribution in [2.75, 3.05) is 27.9 Å². The normalized spacial score (nSPS) is 10.6. The number of hydrazine groups is 1. The number of rotatable bonds is 6. The van der Waals surface area contributed by atoms with Crippen molar-refractivity contribution < 1.29 is 9.47 Å². The quantitative estimate of drug-likeness (QED) is 0.421. The van der Waals surface area contributed by atoms with Gasteiger partial charge in [0.25, 0.3) is 0 Å². The summed E-state index contributed by atoms with van der Waals surface area (Å²) in [4.78, 5) is 2.05. The van der Waals surface area contributed by atoms with Gasteiger partial charge in [-0.15, -0.1) is 0 Å². The minimum Gasteiger partial charge on any atom is -0.497 e. The molecule has 0 bridgehead atoms. The molecular formula is C11H19N3O2. The third-order valence-corrected chi connectivity index (χ3v) is 2.30. The lowest BCUT2D eigenvalue weighted by Gasteiger charge is -2.18. The van der Waals surface area contributed by atoms with Crippen LogP contribution < -0.4 is 20.7 Å². The van der Waals surface area contributed by atoms with Gasteiger partial charge in [-0.1, -0.05) is 6.07 Å². The number of hydrogen-bond acceptors (Lipinski definition) is 5. The van der Waals surface area contributed by atoms with E-state index in [4.69, 9.17) is 15.3 Å². The van der Waals surface area contributed by atoms with Gasteiger partial charge in [0.05, 0.1) is 20.9 Å². The van der Waals surface area contributed by atoms with Gasteiger partial charge >= 0.3 is 0 Å². The first kappa shape index (κ1) is 12.8. The van der Waals surface area contributed by atoms with E-state index in [1.54, 1.807) is 14.2 Å². The van der Waals surface area contributed by atoms with Crippen LogP contribution >= 0.6 is 0 Å². The highest BCUT2D eigenvalue weighted by Crippen LogP contribution is 2.25.